The van der Waals surface area contributed by atoms with Crippen LogP contribution >= 0.6 is 0 Å². The predicted molar refractivity (Wildman–Crippen MR) is 123 cm³/mol. The lowest BCUT2D eigenvalue weighted by atomic mass is 10.1. The van der Waals surface area contributed by atoms with Gasteiger partial charge in [-0.1, -0.05) is 25.5 Å². The summed E-state index contributed by atoms with van der Waals surface area (Å²) in [6.45, 7) is 2.98. The number of halogens is 3. The van der Waals surface area contributed by atoms with Gasteiger partial charge in [-0.3, -0.25) is 14.4 Å². The Morgan fingerprint density at radius 2 is 1.57 bits per heavy atom. The van der Waals surface area contributed by atoms with Gasteiger partial charge in [0.05, 0.1) is 24.3 Å². The molecule has 35 heavy (non-hydrogen) atoms. The fraction of sp³-hybridized carbons (Fsp3) is 0.400. The van der Waals surface area contributed by atoms with E-state index in [1.165, 1.54) is 21.9 Å². The third-order valence-corrected chi connectivity index (χ3v) is 5.67. The Bertz CT molecular complexity index is 1030. The van der Waals surface area contributed by atoms with Crippen LogP contribution < -0.4 is 10.1 Å². The standard InChI is InChI=1S/C25H28F3N3O4/c1-2-3-16-35-19-10-8-18(9-11-19)23(33)29-17-22(32)30-12-14-31(15-13-30)24(34)20-6-4-5-7-21(20)25(26,27)28/h4-11H,2-3,12-17H2,1H3,(H,29,33). The molecule has 1 saturated heterocycles. The van der Waals surface area contributed by atoms with E-state index in [0.29, 0.717) is 17.9 Å². The first-order valence-electron chi connectivity index (χ1n) is 11.4. The second-order valence-corrected chi connectivity index (χ2v) is 8.13. The van der Waals surface area contributed by atoms with Crippen molar-refractivity contribution < 1.29 is 32.3 Å². The highest BCUT2D eigenvalue weighted by Gasteiger charge is 2.36. The Balaban J connectivity index is 1.48. The Morgan fingerprint density at radius 3 is 2.20 bits per heavy atom. The number of alkyl halides is 3. The van der Waals surface area contributed by atoms with E-state index < -0.39 is 29.1 Å². The van der Waals surface area contributed by atoms with Crippen LogP contribution in [-0.2, 0) is 11.0 Å². The summed E-state index contributed by atoms with van der Waals surface area (Å²) < 4.78 is 45.3. The normalized spacial score (nSPS) is 13.9. The molecule has 0 bridgehead atoms. The highest BCUT2D eigenvalue weighted by Crippen LogP contribution is 2.32. The highest BCUT2D eigenvalue weighted by molar-refractivity contribution is 5.97. The molecule has 0 atom stereocenters. The molecule has 0 spiro atoms. The van der Waals surface area contributed by atoms with Gasteiger partial charge in [0.25, 0.3) is 11.8 Å². The number of carbonyl (C=O) groups is 3. The monoisotopic (exact) mass is 491 g/mol. The van der Waals surface area contributed by atoms with E-state index in [2.05, 4.69) is 12.2 Å². The summed E-state index contributed by atoms with van der Waals surface area (Å²) in [5.41, 5.74) is -1.00. The molecule has 1 aliphatic heterocycles. The topological polar surface area (TPSA) is 79.0 Å². The average Bonchev–Trinajstić information content (AvgIpc) is 2.87. The average molecular weight is 492 g/mol. The van der Waals surface area contributed by atoms with Crippen molar-refractivity contribution >= 4 is 17.7 Å². The minimum Gasteiger partial charge on any atom is -0.494 e. The highest BCUT2D eigenvalue weighted by atomic mass is 19.4. The summed E-state index contributed by atoms with van der Waals surface area (Å²) >= 11 is 0. The third kappa shape index (κ3) is 6.97. The van der Waals surface area contributed by atoms with Crippen molar-refractivity contribution in [3.63, 3.8) is 0 Å². The van der Waals surface area contributed by atoms with Gasteiger partial charge in [0.1, 0.15) is 5.75 Å². The van der Waals surface area contributed by atoms with E-state index in [1.54, 1.807) is 24.3 Å². The first-order valence-corrected chi connectivity index (χ1v) is 11.4. The summed E-state index contributed by atoms with van der Waals surface area (Å²) in [6.07, 6.45) is -2.68. The zero-order valence-corrected chi connectivity index (χ0v) is 19.4. The van der Waals surface area contributed by atoms with Gasteiger partial charge >= 0.3 is 6.18 Å². The maximum atomic E-state index is 13.2. The lowest BCUT2D eigenvalue weighted by Crippen LogP contribution is -2.52. The number of benzene rings is 2. The molecule has 1 N–H and O–H groups in total. The number of hydrogen-bond donors (Lipinski definition) is 1. The second kappa shape index (κ2) is 11.7. The van der Waals surface area contributed by atoms with Crippen LogP contribution in [0.25, 0.3) is 0 Å². The van der Waals surface area contributed by atoms with E-state index in [4.69, 9.17) is 4.74 Å². The number of piperazine rings is 1. The van der Waals surface area contributed by atoms with Crippen LogP contribution in [0.4, 0.5) is 13.2 Å². The fourth-order valence-corrected chi connectivity index (χ4v) is 3.65. The summed E-state index contributed by atoms with van der Waals surface area (Å²) in [4.78, 5) is 40.3. The predicted octanol–water partition coefficient (Wildman–Crippen LogP) is 3.60. The molecule has 1 fully saturated rings. The Labute approximate surface area is 201 Å². The fourth-order valence-electron chi connectivity index (χ4n) is 3.65. The molecular weight excluding hydrogens is 463 g/mol. The minimum atomic E-state index is -4.63. The summed E-state index contributed by atoms with van der Waals surface area (Å²) in [5, 5.41) is 2.58. The molecule has 0 aromatic heterocycles. The molecule has 0 aliphatic carbocycles. The lowest BCUT2D eigenvalue weighted by molar-refractivity contribution is -0.138. The molecule has 188 valence electrons. The van der Waals surface area contributed by atoms with Crippen molar-refractivity contribution in [1.29, 1.82) is 0 Å². The molecule has 0 saturated carbocycles. The molecule has 3 amide bonds. The zero-order chi connectivity index (χ0) is 25.4. The number of nitrogens with zero attached hydrogens (tertiary/aromatic N) is 2. The minimum absolute atomic E-state index is 0.101. The summed E-state index contributed by atoms with van der Waals surface area (Å²) in [7, 11) is 0. The van der Waals surface area contributed by atoms with E-state index in [1.807, 2.05) is 0 Å². The summed E-state index contributed by atoms with van der Waals surface area (Å²) in [5.74, 6) is -0.798. The second-order valence-electron chi connectivity index (χ2n) is 8.13. The van der Waals surface area contributed by atoms with Crippen LogP contribution in [0.2, 0.25) is 0 Å². The largest absolute Gasteiger partial charge is 0.494 e. The van der Waals surface area contributed by atoms with Gasteiger partial charge in [0, 0.05) is 31.7 Å². The Hall–Kier alpha value is -3.56. The SMILES string of the molecule is CCCCOc1ccc(C(=O)NCC(=O)N2CCN(C(=O)c3ccccc3C(F)(F)F)CC2)cc1. The molecule has 10 heteroatoms. The van der Waals surface area contributed by atoms with Crippen LogP contribution in [0.5, 0.6) is 5.75 Å². The van der Waals surface area contributed by atoms with Crippen LogP contribution in [0.3, 0.4) is 0 Å². The number of amides is 3. The zero-order valence-electron chi connectivity index (χ0n) is 19.4. The number of hydrogen-bond acceptors (Lipinski definition) is 4. The van der Waals surface area contributed by atoms with Crippen molar-refractivity contribution in [1.82, 2.24) is 15.1 Å². The van der Waals surface area contributed by atoms with Crippen molar-refractivity contribution in [3.8, 4) is 5.75 Å². The molecule has 1 aliphatic rings. The van der Waals surface area contributed by atoms with Gasteiger partial charge in [-0.15, -0.1) is 0 Å². The van der Waals surface area contributed by atoms with Gasteiger partial charge in [0.2, 0.25) is 5.91 Å². The maximum Gasteiger partial charge on any atom is 0.417 e. The lowest BCUT2D eigenvalue weighted by Gasteiger charge is -2.35. The number of ether oxygens (including phenoxy) is 1. The number of rotatable bonds is 8. The molecule has 7 nitrogen and oxygen atoms in total. The van der Waals surface area contributed by atoms with Crippen molar-refractivity contribution in [3.05, 3.63) is 65.2 Å². The number of unbranched alkanes of at least 4 members (excludes halogenated alkanes) is 1. The molecule has 0 radical (unpaired) electrons. The number of carbonyl (C=O) groups excluding carboxylic acids is 3. The third-order valence-electron chi connectivity index (χ3n) is 5.67. The Kier molecular flexibility index (Phi) is 8.73. The molecule has 1 heterocycles. The number of nitrogens with one attached hydrogen (secondary N) is 1. The first kappa shape index (κ1) is 26.1. The quantitative estimate of drug-likeness (QED) is 0.573. The Morgan fingerprint density at radius 1 is 0.943 bits per heavy atom. The van der Waals surface area contributed by atoms with Crippen molar-refractivity contribution in [2.75, 3.05) is 39.3 Å². The van der Waals surface area contributed by atoms with Gasteiger partial charge in [-0.25, -0.2) is 0 Å². The smallest absolute Gasteiger partial charge is 0.417 e. The molecule has 2 aromatic rings. The van der Waals surface area contributed by atoms with Crippen LogP contribution in [0.15, 0.2) is 48.5 Å². The summed E-state index contributed by atoms with van der Waals surface area (Å²) in [6, 6.07) is 11.3. The van der Waals surface area contributed by atoms with Gasteiger partial charge < -0.3 is 19.9 Å². The van der Waals surface area contributed by atoms with Crippen molar-refractivity contribution in [2.24, 2.45) is 0 Å². The molecule has 2 aromatic carbocycles. The molecule has 0 unspecified atom stereocenters. The van der Waals surface area contributed by atoms with Crippen LogP contribution in [-0.4, -0.2) is 66.9 Å². The van der Waals surface area contributed by atoms with E-state index >= 15 is 0 Å². The maximum absolute atomic E-state index is 13.2. The van der Waals surface area contributed by atoms with E-state index in [9.17, 15) is 27.6 Å². The molecular formula is C25H28F3N3O4. The van der Waals surface area contributed by atoms with E-state index in [0.717, 1.165) is 25.0 Å². The van der Waals surface area contributed by atoms with Gasteiger partial charge in [-0.2, -0.15) is 13.2 Å². The molecule has 3 rings (SSSR count). The van der Waals surface area contributed by atoms with Crippen LogP contribution in [0.1, 0.15) is 46.0 Å². The van der Waals surface area contributed by atoms with E-state index in [-0.39, 0.29) is 38.6 Å². The van der Waals surface area contributed by atoms with Crippen LogP contribution in [0, 0.1) is 0 Å². The first-order chi connectivity index (χ1) is 16.7. The van der Waals surface area contributed by atoms with Gasteiger partial charge in [-0.05, 0) is 42.8 Å². The van der Waals surface area contributed by atoms with Crippen molar-refractivity contribution in [2.45, 2.75) is 25.9 Å². The van der Waals surface area contributed by atoms with Gasteiger partial charge in [0.15, 0.2) is 0 Å².